The second-order valence-electron chi connectivity index (χ2n) is 5.97. The molecule has 0 amide bonds. The van der Waals surface area contributed by atoms with Gasteiger partial charge in [-0.25, -0.2) is 0 Å². The molecular formula is C20H19ClN4O3. The van der Waals surface area contributed by atoms with Crippen molar-refractivity contribution in [2.24, 2.45) is 10.7 Å². The summed E-state index contributed by atoms with van der Waals surface area (Å²) in [7, 11) is 0. The molecule has 0 saturated heterocycles. The SMILES string of the molecule is Cl.NC(=NCc1ccccc1)c1cccn(Cc2ccc([N+](=O)[O-])cc2)c1=O. The van der Waals surface area contributed by atoms with Crippen LogP contribution < -0.4 is 11.3 Å². The summed E-state index contributed by atoms with van der Waals surface area (Å²) in [6.45, 7) is 0.681. The van der Waals surface area contributed by atoms with E-state index in [0.29, 0.717) is 12.1 Å². The van der Waals surface area contributed by atoms with Gasteiger partial charge in [0.05, 0.1) is 23.6 Å². The van der Waals surface area contributed by atoms with Crippen LogP contribution in [0.15, 0.2) is 82.7 Å². The fourth-order valence-electron chi connectivity index (χ4n) is 2.62. The maximum atomic E-state index is 12.7. The lowest BCUT2D eigenvalue weighted by Crippen LogP contribution is -2.30. The molecule has 0 aliphatic heterocycles. The van der Waals surface area contributed by atoms with Gasteiger partial charge in [-0.05, 0) is 23.3 Å². The first-order chi connectivity index (χ1) is 13.0. The Kier molecular flexibility index (Phi) is 7.06. The van der Waals surface area contributed by atoms with Crippen molar-refractivity contribution in [3.05, 3.63) is 110 Å². The molecule has 28 heavy (non-hydrogen) atoms. The molecule has 1 heterocycles. The summed E-state index contributed by atoms with van der Waals surface area (Å²) in [5.74, 6) is 0.182. The van der Waals surface area contributed by atoms with E-state index in [1.165, 1.54) is 16.7 Å². The number of rotatable bonds is 6. The van der Waals surface area contributed by atoms with Crippen molar-refractivity contribution in [3.8, 4) is 0 Å². The van der Waals surface area contributed by atoms with Crippen LogP contribution in [0, 0.1) is 10.1 Å². The van der Waals surface area contributed by atoms with E-state index in [1.54, 1.807) is 30.5 Å². The van der Waals surface area contributed by atoms with Crippen LogP contribution in [0.4, 0.5) is 5.69 Å². The van der Waals surface area contributed by atoms with Gasteiger partial charge in [0.25, 0.3) is 11.2 Å². The third-order valence-electron chi connectivity index (χ3n) is 4.07. The highest BCUT2D eigenvalue weighted by molar-refractivity contribution is 5.97. The van der Waals surface area contributed by atoms with Crippen LogP contribution in [0.3, 0.4) is 0 Å². The van der Waals surface area contributed by atoms with Gasteiger partial charge in [0, 0.05) is 18.3 Å². The van der Waals surface area contributed by atoms with Crippen molar-refractivity contribution >= 4 is 23.9 Å². The molecule has 3 rings (SSSR count). The minimum Gasteiger partial charge on any atom is -0.383 e. The van der Waals surface area contributed by atoms with Crippen molar-refractivity contribution < 1.29 is 4.92 Å². The molecular weight excluding hydrogens is 380 g/mol. The van der Waals surface area contributed by atoms with Gasteiger partial charge in [0.15, 0.2) is 0 Å². The maximum Gasteiger partial charge on any atom is 0.269 e. The summed E-state index contributed by atoms with van der Waals surface area (Å²) in [5.41, 5.74) is 7.88. The number of non-ortho nitro benzene ring substituents is 1. The first kappa shape index (κ1) is 20.9. The zero-order chi connectivity index (χ0) is 19.2. The van der Waals surface area contributed by atoms with E-state index in [2.05, 4.69) is 4.99 Å². The van der Waals surface area contributed by atoms with Gasteiger partial charge in [0.1, 0.15) is 5.84 Å². The number of benzene rings is 2. The van der Waals surface area contributed by atoms with Gasteiger partial charge in [-0.2, -0.15) is 0 Å². The number of aromatic nitrogens is 1. The number of nitro groups is 1. The number of halogens is 1. The second-order valence-corrected chi connectivity index (χ2v) is 5.97. The molecule has 3 aromatic rings. The van der Waals surface area contributed by atoms with Crippen molar-refractivity contribution in [2.75, 3.05) is 0 Å². The molecule has 1 aromatic heterocycles. The van der Waals surface area contributed by atoms with Crippen LogP contribution in [0.25, 0.3) is 0 Å². The molecule has 0 unspecified atom stereocenters. The van der Waals surface area contributed by atoms with Crippen LogP contribution in [-0.4, -0.2) is 15.3 Å². The standard InChI is InChI=1S/C20H18N4O3.ClH/c21-19(22-13-15-5-2-1-3-6-15)18-7-4-12-23(20(18)25)14-16-8-10-17(11-9-16)24(26)27;/h1-12H,13-14H2,(H2,21,22);1H. The fraction of sp³-hybridized carbons (Fsp3) is 0.100. The Bertz CT molecular complexity index is 1030. The second kappa shape index (κ2) is 9.48. The van der Waals surface area contributed by atoms with E-state index in [4.69, 9.17) is 5.73 Å². The number of nitro benzene ring substituents is 1. The number of nitrogens with two attached hydrogens (primary N) is 1. The third-order valence-corrected chi connectivity index (χ3v) is 4.07. The molecule has 2 aromatic carbocycles. The number of aliphatic imine (C=N–C) groups is 1. The Labute approximate surface area is 167 Å². The zero-order valence-corrected chi connectivity index (χ0v) is 15.7. The lowest BCUT2D eigenvalue weighted by molar-refractivity contribution is -0.384. The summed E-state index contributed by atoms with van der Waals surface area (Å²) in [6.07, 6.45) is 1.65. The highest BCUT2D eigenvalue weighted by atomic mass is 35.5. The summed E-state index contributed by atoms with van der Waals surface area (Å²) >= 11 is 0. The summed E-state index contributed by atoms with van der Waals surface area (Å²) < 4.78 is 1.50. The Morgan fingerprint density at radius 3 is 2.32 bits per heavy atom. The monoisotopic (exact) mass is 398 g/mol. The minimum absolute atomic E-state index is 0. The molecule has 0 fully saturated rings. The summed E-state index contributed by atoms with van der Waals surface area (Å²) in [5, 5.41) is 10.7. The first-order valence-corrected chi connectivity index (χ1v) is 8.31. The Balaban J connectivity index is 0.00000280. The van der Waals surface area contributed by atoms with Crippen LogP contribution in [0.1, 0.15) is 16.7 Å². The molecule has 0 saturated carbocycles. The minimum atomic E-state index is -0.458. The predicted octanol–water partition coefficient (Wildman–Crippen LogP) is 3.13. The molecule has 0 atom stereocenters. The number of nitrogens with zero attached hydrogens (tertiary/aromatic N) is 3. The lowest BCUT2D eigenvalue weighted by atomic mass is 10.2. The van der Waals surface area contributed by atoms with Crippen molar-refractivity contribution in [2.45, 2.75) is 13.1 Å². The van der Waals surface area contributed by atoms with Crippen molar-refractivity contribution in [3.63, 3.8) is 0 Å². The van der Waals surface area contributed by atoms with Crippen LogP contribution in [0.5, 0.6) is 0 Å². The van der Waals surface area contributed by atoms with Crippen molar-refractivity contribution in [1.29, 1.82) is 0 Å². The molecule has 8 heteroatoms. The summed E-state index contributed by atoms with van der Waals surface area (Å²) in [6, 6.07) is 19.1. The number of amidine groups is 1. The van der Waals surface area contributed by atoms with Gasteiger partial charge in [-0.3, -0.25) is 19.9 Å². The average Bonchev–Trinajstić information content (AvgIpc) is 2.69. The molecule has 0 spiro atoms. The number of hydrogen-bond donors (Lipinski definition) is 1. The van der Waals surface area contributed by atoms with E-state index in [9.17, 15) is 14.9 Å². The number of hydrogen-bond acceptors (Lipinski definition) is 4. The molecule has 0 aliphatic carbocycles. The first-order valence-electron chi connectivity index (χ1n) is 8.31. The Morgan fingerprint density at radius 2 is 1.68 bits per heavy atom. The predicted molar refractivity (Wildman–Crippen MR) is 111 cm³/mol. The average molecular weight is 399 g/mol. The lowest BCUT2D eigenvalue weighted by Gasteiger charge is -2.08. The van der Waals surface area contributed by atoms with E-state index in [-0.39, 0.29) is 36.0 Å². The molecule has 2 N–H and O–H groups in total. The van der Waals surface area contributed by atoms with Gasteiger partial charge in [-0.15, -0.1) is 12.4 Å². The van der Waals surface area contributed by atoms with E-state index < -0.39 is 4.92 Å². The fourth-order valence-corrected chi connectivity index (χ4v) is 2.62. The van der Waals surface area contributed by atoms with Crippen LogP contribution >= 0.6 is 12.4 Å². The van der Waals surface area contributed by atoms with E-state index in [0.717, 1.165) is 11.1 Å². The molecule has 0 bridgehead atoms. The quantitative estimate of drug-likeness (QED) is 0.298. The molecule has 0 radical (unpaired) electrons. The van der Waals surface area contributed by atoms with E-state index >= 15 is 0 Å². The highest BCUT2D eigenvalue weighted by Crippen LogP contribution is 2.12. The largest absolute Gasteiger partial charge is 0.383 e. The number of pyridine rings is 1. The third kappa shape index (κ3) is 5.05. The Morgan fingerprint density at radius 1 is 1.00 bits per heavy atom. The molecule has 7 nitrogen and oxygen atoms in total. The van der Waals surface area contributed by atoms with Crippen LogP contribution in [0.2, 0.25) is 0 Å². The molecule has 0 aliphatic rings. The highest BCUT2D eigenvalue weighted by Gasteiger charge is 2.09. The van der Waals surface area contributed by atoms with Crippen LogP contribution in [-0.2, 0) is 13.1 Å². The Hall–Kier alpha value is -3.45. The van der Waals surface area contributed by atoms with E-state index in [1.807, 2.05) is 30.3 Å². The normalized spacial score (nSPS) is 10.9. The smallest absolute Gasteiger partial charge is 0.269 e. The maximum absolute atomic E-state index is 12.7. The van der Waals surface area contributed by atoms with Gasteiger partial charge in [-0.1, -0.05) is 42.5 Å². The van der Waals surface area contributed by atoms with Crippen molar-refractivity contribution in [1.82, 2.24) is 4.57 Å². The zero-order valence-electron chi connectivity index (χ0n) is 14.9. The topological polar surface area (TPSA) is 104 Å². The van der Waals surface area contributed by atoms with Gasteiger partial charge < -0.3 is 10.3 Å². The van der Waals surface area contributed by atoms with Gasteiger partial charge >= 0.3 is 0 Å². The van der Waals surface area contributed by atoms with Gasteiger partial charge in [0.2, 0.25) is 0 Å². The molecule has 144 valence electrons. The summed E-state index contributed by atoms with van der Waals surface area (Å²) in [4.78, 5) is 27.3.